The molecule has 8 atom stereocenters. The van der Waals surface area contributed by atoms with E-state index in [-0.39, 0.29) is 43.9 Å². The van der Waals surface area contributed by atoms with Crippen LogP contribution in [0.4, 0.5) is 0 Å². The van der Waals surface area contributed by atoms with E-state index in [9.17, 15) is 52.7 Å². The molecule has 4 N–H and O–H groups in total. The van der Waals surface area contributed by atoms with E-state index < -0.39 is 151 Å². The SMILES string of the molecule is C#CC[C@@H]1NC(=O)[C@H](Cc2cccc(I)c2)NC(=O)CN(C)C(=O)[C@H](Cc2ccc(Cl)cc2)N(C)C(=O)CN(C)C(=O)CN(C)C(=O)[C@H]([C@@H](C)CC)NC(=O)[C@H](CC(C)C)N(C)C(=O)C[C@@H](C(=O)N2CCCCC2)N(C)C(=O)[C@H](CC(C)C)NC(=O)C(C)(C)N(C)C1=O. The normalized spacial score (nSPS) is 24.0. The first-order chi connectivity index (χ1) is 43.5. The molecule has 2 aromatic carbocycles. The van der Waals surface area contributed by atoms with Gasteiger partial charge in [0.1, 0.15) is 47.8 Å². The number of nitrogens with zero attached hydrogens (tertiary/aromatic N) is 8. The van der Waals surface area contributed by atoms with Crippen LogP contribution in [0.1, 0.15) is 118 Å². The van der Waals surface area contributed by atoms with Crippen molar-refractivity contribution in [3.8, 4) is 12.3 Å². The number of nitrogens with one attached hydrogen (secondary N) is 4. The maximum Gasteiger partial charge on any atom is 0.246 e. The highest BCUT2D eigenvalue weighted by Crippen LogP contribution is 2.24. The van der Waals surface area contributed by atoms with Gasteiger partial charge in [-0.1, -0.05) is 83.8 Å². The van der Waals surface area contributed by atoms with Gasteiger partial charge in [-0.05, 0) is 122 Å². The fraction of sp³-hybridized carbons (Fsp3) is 0.612. The summed E-state index contributed by atoms with van der Waals surface area (Å²) in [6, 6.07) is 4.48. The first-order valence-corrected chi connectivity index (χ1v) is 33.2. The van der Waals surface area contributed by atoms with E-state index in [0.29, 0.717) is 48.5 Å². The standard InChI is InChI=1S/C67H98ClIN12O12/c1-17-23-48-62(89)80(16)67(8,9)66(93)72-50(32-41(3)4)61(88)79(15)53(64(91)81-30-20-19-21-31-81)37-55(83)77(13)51(33-42(5)6)60(87)73-58(43(7)18-2)65(92)76(12)39-56(84)74(10)40-57(85)78(14)52(36-44-26-28-46(68)29-27-44)63(90)75(11)38-54(82)70-49(59(86)71-48)35-45-24-22-25-47(69)34-45/h1,22,24-29,34,41-43,48-53,58H,18-21,23,30-33,35-40H2,2-16H3,(H,70,82)(H,71,86)(H,72,93)(H,73,87)/t43-,48-,49-,50-,51-,52-,53-,58-/m0/s1. The van der Waals surface area contributed by atoms with E-state index in [0.717, 1.165) is 39.4 Å². The maximum absolute atomic E-state index is 15.1. The van der Waals surface area contributed by atoms with Crippen molar-refractivity contribution < 1.29 is 57.5 Å². The smallest absolute Gasteiger partial charge is 0.246 e. The largest absolute Gasteiger partial charge is 0.342 e. The third-order valence-corrected chi connectivity index (χ3v) is 18.4. The Morgan fingerprint density at radius 3 is 1.80 bits per heavy atom. The number of rotatable bonds is 12. The van der Waals surface area contributed by atoms with Gasteiger partial charge in [-0.2, -0.15) is 0 Å². The number of terminal acetylenes is 1. The van der Waals surface area contributed by atoms with Gasteiger partial charge in [-0.25, -0.2) is 0 Å². The summed E-state index contributed by atoms with van der Waals surface area (Å²) in [4.78, 5) is 185. The number of carbonyl (C=O) groups excluding carboxylic acids is 12. The number of likely N-dealkylation sites (N-methyl/N-ethyl adjacent to an activating group) is 7. The molecule has 0 unspecified atom stereocenters. The van der Waals surface area contributed by atoms with Gasteiger partial charge in [0.15, 0.2) is 0 Å². The Labute approximate surface area is 567 Å². The summed E-state index contributed by atoms with van der Waals surface area (Å²) in [5, 5.41) is 11.6. The van der Waals surface area contributed by atoms with Crippen molar-refractivity contribution in [1.29, 1.82) is 0 Å². The van der Waals surface area contributed by atoms with E-state index >= 15 is 4.79 Å². The molecule has 93 heavy (non-hydrogen) atoms. The zero-order chi connectivity index (χ0) is 69.9. The number of carbonyl (C=O) groups is 12. The Kier molecular flexibility index (Phi) is 30.1. The molecule has 0 aromatic heterocycles. The molecular weight excluding hydrogens is 1330 g/mol. The van der Waals surface area contributed by atoms with Crippen LogP contribution in [-0.4, -0.2) is 240 Å². The predicted octanol–water partition coefficient (Wildman–Crippen LogP) is 3.34. The van der Waals surface area contributed by atoms with Crippen molar-refractivity contribution in [2.45, 2.75) is 167 Å². The fourth-order valence-corrected chi connectivity index (χ4v) is 11.8. The van der Waals surface area contributed by atoms with Crippen LogP contribution < -0.4 is 21.3 Å². The third-order valence-electron chi connectivity index (χ3n) is 17.5. The summed E-state index contributed by atoms with van der Waals surface area (Å²) in [7, 11) is 9.61. The van der Waals surface area contributed by atoms with Crippen LogP contribution in [0.5, 0.6) is 0 Å². The van der Waals surface area contributed by atoms with Crippen molar-refractivity contribution >= 4 is 105 Å². The van der Waals surface area contributed by atoms with Crippen LogP contribution in [0.15, 0.2) is 48.5 Å². The van der Waals surface area contributed by atoms with Crippen molar-refractivity contribution in [2.75, 3.05) is 82.1 Å². The molecule has 12 amide bonds. The lowest BCUT2D eigenvalue weighted by Gasteiger charge is -2.39. The second-order valence-corrected chi connectivity index (χ2v) is 27.8. The fourth-order valence-electron chi connectivity index (χ4n) is 11.0. The monoisotopic (exact) mass is 1420 g/mol. The summed E-state index contributed by atoms with van der Waals surface area (Å²) in [6.45, 7) is 12.9. The zero-order valence-corrected chi connectivity index (χ0v) is 59.7. The summed E-state index contributed by atoms with van der Waals surface area (Å²) in [5.74, 6) is -6.95. The molecule has 0 bridgehead atoms. The Morgan fingerprint density at radius 1 is 0.624 bits per heavy atom. The minimum absolute atomic E-state index is 0.0574. The molecule has 4 rings (SSSR count). The Hall–Kier alpha value is -7.34. The summed E-state index contributed by atoms with van der Waals surface area (Å²) >= 11 is 8.32. The highest BCUT2D eigenvalue weighted by molar-refractivity contribution is 14.1. The van der Waals surface area contributed by atoms with Crippen molar-refractivity contribution in [3.63, 3.8) is 0 Å². The topological polar surface area (TPSA) is 279 Å². The molecular formula is C67H98ClIN12O12. The third kappa shape index (κ3) is 22.1. The van der Waals surface area contributed by atoms with Gasteiger partial charge in [0.05, 0.1) is 26.1 Å². The lowest BCUT2D eigenvalue weighted by Crippen LogP contribution is -2.63. The molecule has 2 aliphatic heterocycles. The first-order valence-electron chi connectivity index (χ1n) is 31.8. The second-order valence-electron chi connectivity index (χ2n) is 26.1. The molecule has 0 spiro atoms. The van der Waals surface area contributed by atoms with Gasteiger partial charge in [0.25, 0.3) is 0 Å². The quantitative estimate of drug-likeness (QED) is 0.176. The van der Waals surface area contributed by atoms with E-state index in [1.165, 1.54) is 68.1 Å². The van der Waals surface area contributed by atoms with Gasteiger partial charge >= 0.3 is 0 Å². The molecule has 2 heterocycles. The van der Waals surface area contributed by atoms with Crippen LogP contribution in [0, 0.1) is 33.7 Å². The molecule has 2 aliphatic rings. The number of likely N-dealkylation sites (tertiary alicyclic amines) is 1. The molecule has 0 saturated carbocycles. The van der Waals surface area contributed by atoms with Crippen molar-refractivity contribution in [1.82, 2.24) is 60.5 Å². The molecule has 2 saturated heterocycles. The number of hydrogen-bond donors (Lipinski definition) is 4. The zero-order valence-electron chi connectivity index (χ0n) is 56.8. The number of amides is 12. The molecule has 0 aliphatic carbocycles. The van der Waals surface area contributed by atoms with Gasteiger partial charge in [0.2, 0.25) is 70.9 Å². The molecule has 2 aromatic rings. The first kappa shape index (κ1) is 78.1. The Bertz CT molecular complexity index is 3060. The predicted molar refractivity (Wildman–Crippen MR) is 362 cm³/mol. The van der Waals surface area contributed by atoms with Gasteiger partial charge in [-0.3, -0.25) is 57.5 Å². The average Bonchev–Trinajstić information content (AvgIpc) is 0.838. The van der Waals surface area contributed by atoms with Gasteiger partial charge in [0, 0.05) is 90.3 Å². The van der Waals surface area contributed by atoms with Crippen LogP contribution in [0.3, 0.4) is 0 Å². The number of hydrogen-bond acceptors (Lipinski definition) is 12. The average molecular weight is 1430 g/mol. The number of piperidine rings is 1. The van der Waals surface area contributed by atoms with E-state index in [4.69, 9.17) is 18.0 Å². The van der Waals surface area contributed by atoms with Crippen LogP contribution in [0.25, 0.3) is 0 Å². The number of halogens is 2. The van der Waals surface area contributed by atoms with E-state index in [2.05, 4.69) is 49.8 Å². The Morgan fingerprint density at radius 2 is 1.22 bits per heavy atom. The second kappa shape index (κ2) is 35.8. The molecule has 26 heteroatoms. The summed E-state index contributed by atoms with van der Waals surface area (Å²) < 4.78 is 0.817. The highest BCUT2D eigenvalue weighted by atomic mass is 127. The lowest BCUT2D eigenvalue weighted by atomic mass is 9.95. The number of benzene rings is 2. The van der Waals surface area contributed by atoms with Gasteiger partial charge < -0.3 is 60.5 Å². The van der Waals surface area contributed by atoms with Gasteiger partial charge in [-0.15, -0.1) is 12.3 Å². The maximum atomic E-state index is 15.1. The van der Waals surface area contributed by atoms with Crippen LogP contribution in [-0.2, 0) is 70.4 Å². The minimum atomic E-state index is -1.76. The summed E-state index contributed by atoms with van der Waals surface area (Å²) in [6.07, 6.45) is 7.56. The molecule has 0 radical (unpaired) electrons. The minimum Gasteiger partial charge on any atom is -0.342 e. The summed E-state index contributed by atoms with van der Waals surface area (Å²) in [5.41, 5.74) is -0.543. The van der Waals surface area contributed by atoms with Crippen LogP contribution in [0.2, 0.25) is 5.02 Å². The van der Waals surface area contributed by atoms with Crippen molar-refractivity contribution in [2.24, 2.45) is 17.8 Å². The molecule has 2 fully saturated rings. The van der Waals surface area contributed by atoms with Crippen molar-refractivity contribution in [3.05, 3.63) is 68.3 Å². The molecule has 512 valence electrons. The van der Waals surface area contributed by atoms with E-state index in [1.807, 2.05) is 40.7 Å². The Balaban J connectivity index is 1.88. The van der Waals surface area contributed by atoms with E-state index in [1.54, 1.807) is 54.3 Å². The highest BCUT2D eigenvalue weighted by Gasteiger charge is 2.44. The van der Waals surface area contributed by atoms with Crippen LogP contribution >= 0.6 is 34.2 Å². The lowest BCUT2D eigenvalue weighted by molar-refractivity contribution is -0.152. The molecule has 24 nitrogen and oxygen atoms in total.